The first-order valence-corrected chi connectivity index (χ1v) is 55.5. The Labute approximate surface area is 932 Å². The van der Waals surface area contributed by atoms with Gasteiger partial charge in [0.1, 0.15) is 37.3 Å². The number of alkyl halides is 5. The summed E-state index contributed by atoms with van der Waals surface area (Å²) in [6, 6.07) is 79.0. The minimum Gasteiger partial charge on any atom is -0.462 e. The lowest BCUT2D eigenvalue weighted by atomic mass is 9.66. The highest BCUT2D eigenvalue weighted by molar-refractivity contribution is 8.26. The lowest BCUT2D eigenvalue weighted by Gasteiger charge is -2.34. The number of aliphatic hydroxyl groups excluding tert-OH is 4. The Morgan fingerprint density at radius 1 is 0.447 bits per heavy atom. The molecular weight excluding hydrogens is 2100 g/mol. The van der Waals surface area contributed by atoms with Crippen LogP contribution in [0.1, 0.15) is 164 Å². The number of hydrogen-bond donors (Lipinski definition) is 6. The van der Waals surface area contributed by atoms with Gasteiger partial charge in [-0.15, -0.1) is 64.6 Å². The summed E-state index contributed by atoms with van der Waals surface area (Å²) in [5.74, 6) is -0.842. The maximum atomic E-state index is 13.4. The molecule has 13 rings (SSSR count). The maximum absolute atomic E-state index is 13.4. The summed E-state index contributed by atoms with van der Waals surface area (Å²) in [5.41, 5.74) is 11.4. The van der Waals surface area contributed by atoms with Crippen molar-refractivity contribution >= 4 is 147 Å². The highest BCUT2D eigenvalue weighted by atomic mass is 36.0. The van der Waals surface area contributed by atoms with Crippen molar-refractivity contribution in [2.75, 3.05) is 168 Å². The first-order chi connectivity index (χ1) is 72.6. The average molecular weight is 2260 g/mol. The van der Waals surface area contributed by atoms with E-state index in [9.17, 15) is 43.5 Å². The number of carbonyl (C=O) groups is 8. The van der Waals surface area contributed by atoms with Gasteiger partial charge in [0.2, 0.25) is 32.2 Å². The Balaban J connectivity index is 0. The van der Waals surface area contributed by atoms with Crippen molar-refractivity contribution in [3.63, 3.8) is 0 Å². The van der Waals surface area contributed by atoms with Gasteiger partial charge >= 0.3 is 23.9 Å². The third-order valence-electron chi connectivity index (χ3n) is 21.5. The smallest absolute Gasteiger partial charge is 0.302 e. The van der Waals surface area contributed by atoms with E-state index in [1.54, 1.807) is 29.2 Å². The molecule has 2 atom stereocenters. The Hall–Kier alpha value is -9.73. The van der Waals surface area contributed by atoms with E-state index < -0.39 is 20.1 Å². The van der Waals surface area contributed by atoms with Crippen molar-refractivity contribution in [1.29, 1.82) is 0 Å². The molecule has 7 N–H and O–H groups in total. The molecule has 5 aliphatic heterocycles. The van der Waals surface area contributed by atoms with Crippen LogP contribution in [0.3, 0.4) is 0 Å². The molecule has 25 nitrogen and oxygen atoms in total. The number of halogens is 8. The van der Waals surface area contributed by atoms with Crippen LogP contribution in [-0.2, 0) is 91.6 Å². The normalized spacial score (nSPS) is 14.4. The second-order valence-electron chi connectivity index (χ2n) is 31.8. The molecule has 5 fully saturated rings. The average Bonchev–Trinajstić information content (AvgIpc) is 1.57. The quantitative estimate of drug-likeness (QED) is 0.00556. The molecule has 0 aliphatic carbocycles. The molecule has 828 valence electrons. The number of rotatable bonds is 33. The van der Waals surface area contributed by atoms with Crippen LogP contribution in [0, 0.1) is 11.8 Å². The zero-order valence-corrected chi connectivity index (χ0v) is 94.8. The molecular formula is C116H157Cl8N5O20S. The summed E-state index contributed by atoms with van der Waals surface area (Å²) in [6.45, 7) is 33.2. The fraction of sp³-hybridized carbons (Fsp3) is 0.414. The second-order valence-corrected chi connectivity index (χ2v) is 36.7. The van der Waals surface area contributed by atoms with E-state index in [-0.39, 0.29) is 121 Å². The molecule has 0 spiro atoms. The number of carbonyl (C=O) groups excluding carboxylic acids is 8. The molecule has 3 amide bonds. The molecule has 0 bridgehead atoms. The number of esters is 4. The number of amides is 3. The Bertz CT molecular complexity index is 4670. The zero-order valence-electron chi connectivity index (χ0n) is 88.0. The molecule has 2 unspecified atom stereocenters. The second kappa shape index (κ2) is 96.3. The SMILES string of the molecule is C1CCOC1.C1CCOC1.C1CCOC1.C=CC1CN(CC)C(=O)C1(c1ccccc1)c1ccccc1.CC(=O)OC/C=C\CCl.CC(=O)OC/C=C\CO.CCN.CCN(C/C=C\COC(C)=O)C(=O)C(c1ccccc1)c1ccccc1.CCN1CC(CCO)C(c2ccccc2)(c2ccccc2)C1=O.CCNC/C=C\COC(C)=O.ClCCl.ClCCl.O=C(Cl)C(c1ccccc1)c1ccccc1.O=S(Cl)Cl.OC/C=C\CO. The van der Waals surface area contributed by atoms with E-state index >= 15 is 0 Å². The van der Waals surface area contributed by atoms with Crippen LogP contribution < -0.4 is 11.1 Å². The van der Waals surface area contributed by atoms with E-state index in [1.807, 2.05) is 287 Å². The fourth-order valence-corrected chi connectivity index (χ4v) is 15.3. The van der Waals surface area contributed by atoms with Gasteiger partial charge in [-0.1, -0.05) is 305 Å². The van der Waals surface area contributed by atoms with Crippen LogP contribution in [0.25, 0.3) is 0 Å². The number of hydrogen-bond acceptors (Lipinski definition) is 22. The van der Waals surface area contributed by atoms with Gasteiger partial charge in [0.15, 0.2) is 0 Å². The maximum Gasteiger partial charge on any atom is 0.302 e. The highest BCUT2D eigenvalue weighted by Gasteiger charge is 2.56. The number of ether oxygens (including phenoxy) is 7. The first-order valence-electron chi connectivity index (χ1n) is 49.6. The number of benzene rings is 8. The van der Waals surface area contributed by atoms with Gasteiger partial charge in [-0.2, -0.15) is 0 Å². The first kappa shape index (κ1) is 142. The molecule has 0 aromatic heterocycles. The van der Waals surface area contributed by atoms with Gasteiger partial charge in [-0.3, -0.25) is 38.4 Å². The van der Waals surface area contributed by atoms with Crippen LogP contribution in [0.2, 0.25) is 0 Å². The number of allylic oxidation sites excluding steroid dienone is 1. The summed E-state index contributed by atoms with van der Waals surface area (Å²) in [6.07, 6.45) is 27.1. The number of nitrogens with one attached hydrogen (secondary N) is 1. The minimum atomic E-state index is -1.67. The lowest BCUT2D eigenvalue weighted by molar-refractivity contribution is -0.140. The van der Waals surface area contributed by atoms with Gasteiger partial charge < -0.3 is 79.3 Å². The molecule has 5 heterocycles. The number of likely N-dealkylation sites (N-methyl/N-ethyl adjacent to an activating group) is 4. The summed E-state index contributed by atoms with van der Waals surface area (Å²) in [4.78, 5) is 98.4. The van der Waals surface area contributed by atoms with Crippen molar-refractivity contribution in [3.8, 4) is 0 Å². The Morgan fingerprint density at radius 3 is 0.980 bits per heavy atom. The van der Waals surface area contributed by atoms with Crippen LogP contribution in [-0.4, -0.2) is 254 Å². The number of aliphatic hydroxyl groups is 4. The molecule has 0 saturated carbocycles. The third kappa shape index (κ3) is 63.1. The minimum absolute atomic E-state index is 0.0126. The molecule has 8 aromatic carbocycles. The Morgan fingerprint density at radius 2 is 0.720 bits per heavy atom. The van der Waals surface area contributed by atoms with E-state index in [0.717, 1.165) is 117 Å². The van der Waals surface area contributed by atoms with Gasteiger partial charge in [0.25, 0.3) is 0 Å². The van der Waals surface area contributed by atoms with Gasteiger partial charge in [0.05, 0.1) is 42.3 Å². The van der Waals surface area contributed by atoms with Crippen molar-refractivity contribution in [3.05, 3.63) is 361 Å². The number of nitrogens with two attached hydrogens (primary N) is 1. The lowest BCUT2D eigenvalue weighted by Crippen LogP contribution is -2.42. The molecule has 5 saturated heterocycles. The van der Waals surface area contributed by atoms with Crippen molar-refractivity contribution in [1.82, 2.24) is 20.0 Å². The monoisotopic (exact) mass is 2250 g/mol. The van der Waals surface area contributed by atoms with E-state index in [2.05, 4.69) is 71.7 Å². The summed E-state index contributed by atoms with van der Waals surface area (Å²) in [5, 5.41) is 36.9. The predicted octanol–water partition coefficient (Wildman–Crippen LogP) is 21.8. The summed E-state index contributed by atoms with van der Waals surface area (Å²) < 4.78 is 42.5. The molecule has 5 aliphatic rings. The molecule has 150 heavy (non-hydrogen) atoms. The van der Waals surface area contributed by atoms with Crippen LogP contribution in [0.15, 0.2) is 316 Å². The van der Waals surface area contributed by atoms with Crippen LogP contribution in [0.5, 0.6) is 0 Å². The van der Waals surface area contributed by atoms with E-state index in [4.69, 9.17) is 114 Å². The van der Waals surface area contributed by atoms with Crippen LogP contribution in [0.4, 0.5) is 0 Å². The fourth-order valence-electron chi connectivity index (χ4n) is 14.9. The summed E-state index contributed by atoms with van der Waals surface area (Å²) >= 11 is 30.0. The van der Waals surface area contributed by atoms with Crippen LogP contribution >= 0.6 is 91.0 Å². The predicted molar refractivity (Wildman–Crippen MR) is 614 cm³/mol. The number of likely N-dealkylation sites (tertiary alicyclic amines) is 2. The van der Waals surface area contributed by atoms with Crippen molar-refractivity contribution in [2.24, 2.45) is 17.6 Å². The highest BCUT2D eigenvalue weighted by Crippen LogP contribution is 2.48. The molecule has 34 heteroatoms. The van der Waals surface area contributed by atoms with Crippen molar-refractivity contribution < 1.29 is 96.1 Å². The standard InChI is InChI=1S/C22H25NO3.C20H23NO2.C20H21NO.C14H11ClO.C8H15NO2.C6H9ClO2.C6H10O3.C4H8O2.3C4H8O.C2H7N.2CH2Cl2.Cl2OS/c1-3-23(16-10-11-17-26-18(2)24)22(25)21(19-12-6-4-7-13-19)20-14-8-5-9-15-20;1-2-21-15-18(13-14-22)20(19(21)23,16-9-5-3-6-10-16)17-11-7-4-8-12-17;1-3-16-15-21(4-2)19(22)20(16,17-11-7-5-8-12-17)18-13-9-6-10-14-18;15-14(16)13(11-7-3-1-4-8-11)12-9-5-2-6-10-12;1-3-9-6-4-5-7-11-8(2)10;2*1-6(8)9-5-3-2-4-7;5-3-1-2-4-6;3*1-2-4-5-3-1;1-2-3;2*2-1-3;1-4(2)3/h4-15,21H,3,16-17H2,1-2H3;3-12,18,22H,2,13-15H2,1H3;3,5-14,16H,1,4,15H2,2H3;1-10,13H;4-5,9H,3,6-7H2,1-2H3;2-3H,4-5H2,1H3;2-3,7H,4-5H2,1H3;1-2,5-6H,3-4H2;3*1-4H2;2-3H2,1H3;2*1H2;/b11-10-;;;;5-4-;2*3-2-;2-1-;;;;;;;. The van der Waals surface area contributed by atoms with Gasteiger partial charge in [-0.25, -0.2) is 4.21 Å². The zero-order chi connectivity index (χ0) is 112. The number of nitrogens with zero attached hydrogens (tertiary/aromatic N) is 3. The third-order valence-corrected chi connectivity index (χ3v) is 21.9. The van der Waals surface area contributed by atoms with E-state index in [1.165, 1.54) is 84.4 Å². The van der Waals surface area contributed by atoms with Gasteiger partial charge in [-0.05, 0) is 153 Å². The Kier molecular flexibility index (Phi) is 91.4. The summed E-state index contributed by atoms with van der Waals surface area (Å²) in [7, 11) is 7.36. The van der Waals surface area contributed by atoms with E-state index in [0.29, 0.717) is 51.7 Å². The molecule has 0 radical (unpaired) electrons. The van der Waals surface area contributed by atoms with Gasteiger partial charge in [0, 0.05) is 159 Å². The van der Waals surface area contributed by atoms with Crippen molar-refractivity contribution in [2.45, 2.75) is 130 Å². The topological polar surface area (TPSA) is 347 Å². The largest absolute Gasteiger partial charge is 0.462 e. The molecule has 8 aromatic rings.